The van der Waals surface area contributed by atoms with E-state index < -0.39 is 11.5 Å². The fraction of sp³-hybridized carbons (Fsp3) is 0.176. The van der Waals surface area contributed by atoms with E-state index in [9.17, 15) is 14.7 Å². The van der Waals surface area contributed by atoms with Gasteiger partial charge in [0.2, 0.25) is 0 Å². The van der Waals surface area contributed by atoms with Crippen LogP contribution >= 0.6 is 0 Å². The third-order valence-electron chi connectivity index (χ3n) is 3.42. The van der Waals surface area contributed by atoms with E-state index in [1.165, 1.54) is 25.1 Å². The van der Waals surface area contributed by atoms with Crippen LogP contribution in [0.3, 0.4) is 0 Å². The summed E-state index contributed by atoms with van der Waals surface area (Å²) < 4.78 is 0. The number of carbonyl (C=O) groups excluding carboxylic acids is 1. The van der Waals surface area contributed by atoms with Crippen LogP contribution in [0.4, 0.5) is 0 Å². The average molecular weight is 299 g/mol. The molecule has 0 amide bonds. The second-order valence-corrected chi connectivity index (χ2v) is 5.44. The topological polar surface area (TPSA) is 101 Å². The van der Waals surface area contributed by atoms with Crippen LogP contribution in [-0.2, 0) is 11.2 Å². The fourth-order valence-corrected chi connectivity index (χ4v) is 2.15. The number of carboxylic acid groups (broad SMARTS) is 1. The highest BCUT2D eigenvalue weighted by Crippen LogP contribution is 2.23. The number of carboxylic acids is 1. The summed E-state index contributed by atoms with van der Waals surface area (Å²) in [6, 6.07) is 12.9. The summed E-state index contributed by atoms with van der Waals surface area (Å²) in [6.45, 7) is 1.39. The molecule has 0 radical (unpaired) electrons. The first-order valence-corrected chi connectivity index (χ1v) is 6.75. The lowest BCUT2D eigenvalue weighted by atomic mass is 9.88. The van der Waals surface area contributed by atoms with Gasteiger partial charge in [-0.1, -0.05) is 36.4 Å². The van der Waals surface area contributed by atoms with Gasteiger partial charge in [0.1, 0.15) is 11.3 Å². The van der Waals surface area contributed by atoms with E-state index in [4.69, 9.17) is 10.8 Å². The van der Waals surface area contributed by atoms with Crippen molar-refractivity contribution in [2.45, 2.75) is 18.9 Å². The van der Waals surface area contributed by atoms with Crippen LogP contribution in [-0.4, -0.2) is 27.5 Å². The lowest BCUT2D eigenvalue weighted by Gasteiger charge is -2.20. The summed E-state index contributed by atoms with van der Waals surface area (Å²) >= 11 is 0. The van der Waals surface area contributed by atoms with Crippen molar-refractivity contribution in [3.63, 3.8) is 0 Å². The summed E-state index contributed by atoms with van der Waals surface area (Å²) in [5.41, 5.74) is 5.47. The molecule has 5 heteroatoms. The quantitative estimate of drug-likeness (QED) is 0.733. The molecule has 2 rings (SSSR count). The summed E-state index contributed by atoms with van der Waals surface area (Å²) in [4.78, 5) is 23.8. The maximum atomic E-state index is 12.6. The molecule has 0 aliphatic carbocycles. The summed E-state index contributed by atoms with van der Waals surface area (Å²) in [5, 5.41) is 18.8. The molecule has 0 saturated carbocycles. The van der Waals surface area contributed by atoms with Crippen molar-refractivity contribution in [2.75, 3.05) is 0 Å². The number of hydrogen-bond acceptors (Lipinski definition) is 4. The van der Waals surface area contributed by atoms with E-state index in [0.717, 1.165) is 0 Å². The molecule has 1 atom stereocenters. The molecule has 0 fully saturated rings. The molecule has 4 N–H and O–H groups in total. The first-order chi connectivity index (χ1) is 10.3. The van der Waals surface area contributed by atoms with Crippen molar-refractivity contribution in [3.05, 3.63) is 65.2 Å². The standard InChI is InChI=1S/C17H17NO4/c1-17(18,16(21)22)10-12-7-8-13(19)9-14(12)15(20)11-5-3-2-4-6-11/h2-9,19H,10,18H2,1H3,(H,21,22). The summed E-state index contributed by atoms with van der Waals surface area (Å²) in [5.74, 6) is -1.50. The van der Waals surface area contributed by atoms with E-state index >= 15 is 0 Å². The maximum absolute atomic E-state index is 12.6. The number of aliphatic carboxylic acids is 1. The molecule has 0 aliphatic heterocycles. The SMILES string of the molecule is CC(N)(Cc1ccc(O)cc1C(=O)c1ccccc1)C(=O)O. The number of hydrogen-bond donors (Lipinski definition) is 3. The number of benzene rings is 2. The molecule has 0 bridgehead atoms. The Balaban J connectivity index is 2.45. The highest BCUT2D eigenvalue weighted by atomic mass is 16.4. The third-order valence-corrected chi connectivity index (χ3v) is 3.42. The Labute approximate surface area is 128 Å². The Morgan fingerprint density at radius 3 is 2.36 bits per heavy atom. The predicted octanol–water partition coefficient (Wildman–Crippen LogP) is 1.97. The second-order valence-electron chi connectivity index (χ2n) is 5.44. The van der Waals surface area contributed by atoms with Crippen LogP contribution < -0.4 is 5.73 Å². The highest BCUT2D eigenvalue weighted by Gasteiger charge is 2.30. The van der Waals surface area contributed by atoms with E-state index in [1.807, 2.05) is 0 Å². The van der Waals surface area contributed by atoms with Gasteiger partial charge in [-0.05, 0) is 24.6 Å². The Morgan fingerprint density at radius 2 is 1.77 bits per heavy atom. The average Bonchev–Trinajstić information content (AvgIpc) is 2.49. The first kappa shape index (κ1) is 15.7. The van der Waals surface area contributed by atoms with Crippen LogP contribution in [0.5, 0.6) is 5.75 Å². The van der Waals surface area contributed by atoms with Gasteiger partial charge in [0.15, 0.2) is 5.78 Å². The van der Waals surface area contributed by atoms with Gasteiger partial charge in [0, 0.05) is 17.5 Å². The van der Waals surface area contributed by atoms with Crippen molar-refractivity contribution in [1.82, 2.24) is 0 Å². The van der Waals surface area contributed by atoms with Crippen LogP contribution in [0, 0.1) is 0 Å². The monoisotopic (exact) mass is 299 g/mol. The molecule has 0 aromatic heterocycles. The van der Waals surface area contributed by atoms with Crippen LogP contribution in [0.1, 0.15) is 28.4 Å². The van der Waals surface area contributed by atoms with Crippen LogP contribution in [0.15, 0.2) is 48.5 Å². The third kappa shape index (κ3) is 3.32. The van der Waals surface area contributed by atoms with Gasteiger partial charge in [-0.3, -0.25) is 9.59 Å². The molecule has 5 nitrogen and oxygen atoms in total. The number of carbonyl (C=O) groups is 2. The second kappa shape index (κ2) is 5.99. The molecular weight excluding hydrogens is 282 g/mol. The largest absolute Gasteiger partial charge is 0.508 e. The minimum absolute atomic E-state index is 0.0173. The molecule has 0 heterocycles. The number of ketones is 1. The van der Waals surface area contributed by atoms with Gasteiger partial charge in [-0.25, -0.2) is 0 Å². The Hall–Kier alpha value is -2.66. The lowest BCUT2D eigenvalue weighted by Crippen LogP contribution is -2.47. The predicted molar refractivity (Wildman–Crippen MR) is 81.9 cm³/mol. The van der Waals surface area contributed by atoms with Crippen molar-refractivity contribution < 1.29 is 19.8 Å². The van der Waals surface area contributed by atoms with E-state index in [0.29, 0.717) is 11.1 Å². The zero-order valence-corrected chi connectivity index (χ0v) is 12.1. The summed E-state index contributed by atoms with van der Waals surface area (Å²) in [6.07, 6.45) is -0.0173. The molecule has 0 saturated heterocycles. The Kier molecular flexibility index (Phi) is 4.28. The van der Waals surface area contributed by atoms with Gasteiger partial charge in [-0.2, -0.15) is 0 Å². The zero-order chi connectivity index (χ0) is 16.3. The van der Waals surface area contributed by atoms with E-state index in [-0.39, 0.29) is 23.5 Å². The van der Waals surface area contributed by atoms with Crippen molar-refractivity contribution in [2.24, 2.45) is 5.73 Å². The number of phenols is 1. The van der Waals surface area contributed by atoms with E-state index in [2.05, 4.69) is 0 Å². The minimum atomic E-state index is -1.50. The smallest absolute Gasteiger partial charge is 0.323 e. The molecule has 22 heavy (non-hydrogen) atoms. The van der Waals surface area contributed by atoms with Crippen molar-refractivity contribution >= 4 is 11.8 Å². The molecule has 114 valence electrons. The Morgan fingerprint density at radius 1 is 1.14 bits per heavy atom. The molecule has 1 unspecified atom stereocenters. The van der Waals surface area contributed by atoms with Crippen LogP contribution in [0.25, 0.3) is 0 Å². The first-order valence-electron chi connectivity index (χ1n) is 6.75. The number of aromatic hydroxyl groups is 1. The number of phenolic OH excluding ortho intramolecular Hbond substituents is 1. The van der Waals surface area contributed by atoms with Gasteiger partial charge >= 0.3 is 5.97 Å². The minimum Gasteiger partial charge on any atom is -0.508 e. The van der Waals surface area contributed by atoms with Crippen molar-refractivity contribution in [1.29, 1.82) is 0 Å². The molecule has 0 spiro atoms. The normalized spacial score (nSPS) is 13.4. The molecule has 2 aromatic rings. The molecule has 2 aromatic carbocycles. The number of nitrogens with two attached hydrogens (primary N) is 1. The highest BCUT2D eigenvalue weighted by molar-refractivity contribution is 6.10. The van der Waals surface area contributed by atoms with Gasteiger partial charge < -0.3 is 15.9 Å². The number of rotatable bonds is 5. The zero-order valence-electron chi connectivity index (χ0n) is 12.1. The van der Waals surface area contributed by atoms with Crippen LogP contribution in [0.2, 0.25) is 0 Å². The van der Waals surface area contributed by atoms with Gasteiger partial charge in [-0.15, -0.1) is 0 Å². The van der Waals surface area contributed by atoms with Gasteiger partial charge in [0.05, 0.1) is 0 Å². The maximum Gasteiger partial charge on any atom is 0.323 e. The van der Waals surface area contributed by atoms with Crippen molar-refractivity contribution in [3.8, 4) is 5.75 Å². The Bertz CT molecular complexity index is 708. The van der Waals surface area contributed by atoms with Gasteiger partial charge in [0.25, 0.3) is 0 Å². The molecule has 0 aliphatic rings. The summed E-state index contributed by atoms with van der Waals surface area (Å²) in [7, 11) is 0. The van der Waals surface area contributed by atoms with E-state index in [1.54, 1.807) is 30.3 Å². The lowest BCUT2D eigenvalue weighted by molar-refractivity contribution is -0.142. The molecular formula is C17H17NO4. The fourth-order valence-electron chi connectivity index (χ4n) is 2.15.